The molecule has 7 heteroatoms. The zero-order chi connectivity index (χ0) is 17.1. The van der Waals surface area contributed by atoms with Crippen molar-refractivity contribution in [2.45, 2.75) is 19.4 Å². The van der Waals surface area contributed by atoms with E-state index in [1.807, 2.05) is 10.8 Å². The van der Waals surface area contributed by atoms with E-state index in [0.29, 0.717) is 17.6 Å². The average molecular weight is 345 g/mol. The van der Waals surface area contributed by atoms with Crippen molar-refractivity contribution >= 4 is 39.7 Å². The standard InChI is InChI=1S/C17H16FN3O2S/c1-10(22)20-16(17(23)21-13-4-5-24-9-13)6-11-8-19-15-7-12(18)2-3-14(11)15/h2-5,7-9,16,19H,6H2,1H3,(H,20,22)(H,21,23)/t16-/m1/s1. The van der Waals surface area contributed by atoms with Gasteiger partial charge in [0.2, 0.25) is 11.8 Å². The lowest BCUT2D eigenvalue weighted by molar-refractivity contribution is -0.125. The Labute approximate surface area is 141 Å². The number of fused-ring (bicyclic) bond motifs is 1. The van der Waals surface area contributed by atoms with Gasteiger partial charge >= 0.3 is 0 Å². The number of thiophene rings is 1. The summed E-state index contributed by atoms with van der Waals surface area (Å²) in [5, 5.41) is 9.96. The predicted octanol–water partition coefficient (Wildman–Crippen LogP) is 3.05. The monoisotopic (exact) mass is 345 g/mol. The molecule has 0 aliphatic heterocycles. The van der Waals surface area contributed by atoms with Crippen molar-refractivity contribution in [2.24, 2.45) is 0 Å². The summed E-state index contributed by atoms with van der Waals surface area (Å²) in [6.07, 6.45) is 2.04. The lowest BCUT2D eigenvalue weighted by atomic mass is 10.0. The van der Waals surface area contributed by atoms with Crippen molar-refractivity contribution in [1.29, 1.82) is 0 Å². The number of H-pyrrole nitrogens is 1. The van der Waals surface area contributed by atoms with Gasteiger partial charge in [0.25, 0.3) is 0 Å². The summed E-state index contributed by atoms with van der Waals surface area (Å²) in [4.78, 5) is 26.9. The number of halogens is 1. The van der Waals surface area contributed by atoms with E-state index in [2.05, 4.69) is 15.6 Å². The number of aromatic nitrogens is 1. The number of rotatable bonds is 5. The fourth-order valence-electron chi connectivity index (χ4n) is 2.57. The van der Waals surface area contributed by atoms with Gasteiger partial charge in [-0.2, -0.15) is 11.3 Å². The van der Waals surface area contributed by atoms with Gasteiger partial charge in [-0.05, 0) is 35.2 Å². The van der Waals surface area contributed by atoms with Crippen LogP contribution in [0.3, 0.4) is 0 Å². The molecule has 0 fully saturated rings. The van der Waals surface area contributed by atoms with E-state index >= 15 is 0 Å². The molecule has 3 N–H and O–H groups in total. The largest absolute Gasteiger partial charge is 0.361 e. The van der Waals surface area contributed by atoms with Crippen molar-refractivity contribution in [3.63, 3.8) is 0 Å². The molecule has 3 rings (SSSR count). The van der Waals surface area contributed by atoms with E-state index in [1.54, 1.807) is 18.3 Å². The van der Waals surface area contributed by atoms with Crippen LogP contribution in [0.25, 0.3) is 10.9 Å². The first-order valence-corrected chi connectivity index (χ1v) is 8.33. The van der Waals surface area contributed by atoms with E-state index in [-0.39, 0.29) is 17.6 Å². The Bertz CT molecular complexity index is 873. The van der Waals surface area contributed by atoms with Crippen molar-refractivity contribution in [3.8, 4) is 0 Å². The highest BCUT2D eigenvalue weighted by Gasteiger charge is 2.21. The number of anilines is 1. The van der Waals surface area contributed by atoms with Crippen molar-refractivity contribution in [2.75, 3.05) is 5.32 Å². The third kappa shape index (κ3) is 3.62. The molecule has 0 unspecified atom stereocenters. The average Bonchev–Trinajstić information content (AvgIpc) is 3.16. The molecule has 3 aromatic rings. The number of carbonyl (C=O) groups excluding carboxylic acids is 2. The summed E-state index contributed by atoms with van der Waals surface area (Å²) in [6.45, 7) is 1.37. The number of carbonyl (C=O) groups is 2. The van der Waals surface area contributed by atoms with Gasteiger partial charge in [0, 0.05) is 35.8 Å². The van der Waals surface area contributed by atoms with Crippen molar-refractivity contribution < 1.29 is 14.0 Å². The van der Waals surface area contributed by atoms with Gasteiger partial charge < -0.3 is 15.6 Å². The molecule has 0 spiro atoms. The summed E-state index contributed by atoms with van der Waals surface area (Å²) in [5.74, 6) is -0.907. The maximum Gasteiger partial charge on any atom is 0.247 e. The second-order valence-electron chi connectivity index (χ2n) is 5.46. The molecule has 5 nitrogen and oxygen atoms in total. The van der Waals surface area contributed by atoms with Gasteiger partial charge in [0.1, 0.15) is 11.9 Å². The summed E-state index contributed by atoms with van der Waals surface area (Å²) >= 11 is 1.47. The molecule has 0 saturated heterocycles. The summed E-state index contributed by atoms with van der Waals surface area (Å²) in [7, 11) is 0. The molecule has 1 atom stereocenters. The number of hydrogen-bond acceptors (Lipinski definition) is 3. The van der Waals surface area contributed by atoms with Crippen LogP contribution in [0, 0.1) is 5.82 Å². The molecular weight excluding hydrogens is 329 g/mol. The van der Waals surface area contributed by atoms with Crippen LogP contribution >= 0.6 is 11.3 Å². The molecule has 0 aliphatic rings. The molecule has 0 saturated carbocycles. The maximum atomic E-state index is 13.3. The minimum absolute atomic E-state index is 0.286. The summed E-state index contributed by atoms with van der Waals surface area (Å²) in [6, 6.07) is 5.52. The molecule has 2 aromatic heterocycles. The van der Waals surface area contributed by atoms with Crippen LogP contribution in [0.2, 0.25) is 0 Å². The first-order chi connectivity index (χ1) is 11.5. The molecular formula is C17H16FN3O2S. The van der Waals surface area contributed by atoms with E-state index in [1.165, 1.54) is 30.4 Å². The van der Waals surface area contributed by atoms with Crippen LogP contribution in [0.5, 0.6) is 0 Å². The van der Waals surface area contributed by atoms with Gasteiger partial charge in [-0.15, -0.1) is 0 Å². The van der Waals surface area contributed by atoms with Crippen molar-refractivity contribution in [1.82, 2.24) is 10.3 Å². The highest BCUT2D eigenvalue weighted by Crippen LogP contribution is 2.21. The zero-order valence-electron chi connectivity index (χ0n) is 12.9. The normalized spacial score (nSPS) is 12.1. The van der Waals surface area contributed by atoms with Crippen LogP contribution in [-0.4, -0.2) is 22.8 Å². The highest BCUT2D eigenvalue weighted by atomic mass is 32.1. The molecule has 2 heterocycles. The fourth-order valence-corrected chi connectivity index (χ4v) is 3.15. The van der Waals surface area contributed by atoms with E-state index in [0.717, 1.165) is 10.9 Å². The Hall–Kier alpha value is -2.67. The first-order valence-electron chi connectivity index (χ1n) is 7.38. The lowest BCUT2D eigenvalue weighted by Crippen LogP contribution is -2.44. The third-order valence-electron chi connectivity index (χ3n) is 3.64. The first kappa shape index (κ1) is 16.2. The summed E-state index contributed by atoms with van der Waals surface area (Å²) < 4.78 is 13.3. The maximum absolute atomic E-state index is 13.3. The van der Waals surface area contributed by atoms with Gasteiger partial charge in [-0.25, -0.2) is 4.39 Å². The van der Waals surface area contributed by atoms with Crippen LogP contribution in [0.4, 0.5) is 10.1 Å². The van der Waals surface area contributed by atoms with Gasteiger partial charge in [-0.1, -0.05) is 0 Å². The van der Waals surface area contributed by atoms with Crippen molar-refractivity contribution in [3.05, 3.63) is 52.6 Å². The second-order valence-corrected chi connectivity index (χ2v) is 6.24. The molecule has 24 heavy (non-hydrogen) atoms. The van der Waals surface area contributed by atoms with Gasteiger partial charge in [0.15, 0.2) is 0 Å². The molecule has 2 amide bonds. The summed E-state index contributed by atoms with van der Waals surface area (Å²) in [5.41, 5.74) is 2.19. The second kappa shape index (κ2) is 6.84. The van der Waals surface area contributed by atoms with E-state index in [4.69, 9.17) is 0 Å². The number of benzene rings is 1. The molecule has 0 aliphatic carbocycles. The lowest BCUT2D eigenvalue weighted by Gasteiger charge is -2.17. The quantitative estimate of drug-likeness (QED) is 0.665. The Morgan fingerprint density at radius 2 is 2.17 bits per heavy atom. The van der Waals surface area contributed by atoms with Gasteiger partial charge in [-0.3, -0.25) is 9.59 Å². The SMILES string of the molecule is CC(=O)N[C@H](Cc1c[nH]c2cc(F)ccc12)C(=O)Nc1ccsc1. The minimum Gasteiger partial charge on any atom is -0.361 e. The highest BCUT2D eigenvalue weighted by molar-refractivity contribution is 7.08. The fraction of sp³-hybridized carbons (Fsp3) is 0.176. The van der Waals surface area contributed by atoms with Crippen LogP contribution in [-0.2, 0) is 16.0 Å². The van der Waals surface area contributed by atoms with Crippen LogP contribution < -0.4 is 10.6 Å². The number of nitrogens with one attached hydrogen (secondary N) is 3. The number of amides is 2. The smallest absolute Gasteiger partial charge is 0.247 e. The van der Waals surface area contributed by atoms with E-state index in [9.17, 15) is 14.0 Å². The van der Waals surface area contributed by atoms with Gasteiger partial charge in [0.05, 0.1) is 5.69 Å². The topological polar surface area (TPSA) is 74.0 Å². The Morgan fingerprint density at radius 3 is 2.88 bits per heavy atom. The van der Waals surface area contributed by atoms with E-state index < -0.39 is 6.04 Å². The Balaban J connectivity index is 1.82. The van der Waals surface area contributed by atoms with Crippen LogP contribution in [0.15, 0.2) is 41.2 Å². The molecule has 124 valence electrons. The Kier molecular flexibility index (Phi) is 4.61. The Morgan fingerprint density at radius 1 is 1.33 bits per heavy atom. The predicted molar refractivity (Wildman–Crippen MR) is 92.5 cm³/mol. The number of hydrogen-bond donors (Lipinski definition) is 3. The number of aromatic amines is 1. The zero-order valence-corrected chi connectivity index (χ0v) is 13.7. The molecule has 0 radical (unpaired) electrons. The van der Waals surface area contributed by atoms with Crippen LogP contribution in [0.1, 0.15) is 12.5 Å². The molecule has 1 aromatic carbocycles. The minimum atomic E-state index is -0.716. The molecule has 0 bridgehead atoms. The third-order valence-corrected chi connectivity index (χ3v) is 4.32.